The number of ether oxygens (including phenoxy) is 1. The van der Waals surface area contributed by atoms with Crippen LogP contribution in [0.15, 0.2) is 36.9 Å². The Morgan fingerprint density at radius 2 is 2.33 bits per heavy atom. The van der Waals surface area contributed by atoms with E-state index in [2.05, 4.69) is 43.1 Å². The van der Waals surface area contributed by atoms with Gasteiger partial charge in [-0.15, -0.1) is 6.58 Å². The molecule has 0 saturated heterocycles. The molecule has 2 unspecified atom stereocenters. The van der Waals surface area contributed by atoms with E-state index < -0.39 is 0 Å². The Morgan fingerprint density at radius 1 is 1.53 bits per heavy atom. The van der Waals surface area contributed by atoms with E-state index in [0.29, 0.717) is 12.1 Å². The van der Waals surface area contributed by atoms with E-state index >= 15 is 0 Å². The van der Waals surface area contributed by atoms with Crippen molar-refractivity contribution < 1.29 is 4.74 Å². The third-order valence-corrected chi connectivity index (χ3v) is 2.79. The van der Waals surface area contributed by atoms with E-state index in [9.17, 15) is 0 Å². The van der Waals surface area contributed by atoms with Gasteiger partial charge < -0.3 is 10.1 Å². The summed E-state index contributed by atoms with van der Waals surface area (Å²) < 4.78 is 5.56. The van der Waals surface area contributed by atoms with Crippen molar-refractivity contribution in [2.24, 2.45) is 0 Å². The van der Waals surface area contributed by atoms with Crippen molar-refractivity contribution in [1.29, 1.82) is 0 Å². The normalized spacial score (nSPS) is 21.8. The lowest BCUT2D eigenvalue weighted by Gasteiger charge is -2.28. The summed E-state index contributed by atoms with van der Waals surface area (Å²) in [5, 5.41) is 3.48. The minimum atomic E-state index is 0.294. The highest BCUT2D eigenvalue weighted by Crippen LogP contribution is 2.24. The largest absolute Gasteiger partial charge is 0.375 e. The van der Waals surface area contributed by atoms with Gasteiger partial charge in [0, 0.05) is 6.04 Å². The topological polar surface area (TPSA) is 21.3 Å². The van der Waals surface area contributed by atoms with Crippen molar-refractivity contribution >= 4 is 0 Å². The molecule has 2 nitrogen and oxygen atoms in total. The van der Waals surface area contributed by atoms with Crippen LogP contribution >= 0.6 is 0 Å². The third-order valence-electron chi connectivity index (χ3n) is 2.79. The molecule has 0 bridgehead atoms. The molecule has 0 aliphatic carbocycles. The highest BCUT2D eigenvalue weighted by molar-refractivity contribution is 5.31. The lowest BCUT2D eigenvalue weighted by atomic mass is 9.98. The first-order chi connectivity index (χ1) is 7.31. The molecule has 0 aromatic heterocycles. The summed E-state index contributed by atoms with van der Waals surface area (Å²) in [6.07, 6.45) is 1.91. The van der Waals surface area contributed by atoms with Gasteiger partial charge in [-0.3, -0.25) is 0 Å². The summed E-state index contributed by atoms with van der Waals surface area (Å²) in [5.74, 6) is 0. The van der Waals surface area contributed by atoms with Gasteiger partial charge in [0.15, 0.2) is 0 Å². The zero-order valence-electron chi connectivity index (χ0n) is 9.07. The van der Waals surface area contributed by atoms with Gasteiger partial charge in [-0.2, -0.15) is 0 Å². The van der Waals surface area contributed by atoms with Crippen molar-refractivity contribution in [2.45, 2.75) is 25.6 Å². The van der Waals surface area contributed by atoms with Crippen molar-refractivity contribution in [3.05, 3.63) is 48.0 Å². The lowest BCUT2D eigenvalue weighted by molar-refractivity contribution is 0.0807. The van der Waals surface area contributed by atoms with E-state index in [1.165, 1.54) is 11.1 Å². The average molecular weight is 203 g/mol. The standard InChI is InChI=1S/C13H17NO/c1-3-10(2)14-13-9-15-8-11-6-4-5-7-12(11)13/h3-7,10,13-14H,1,8-9H2,2H3. The van der Waals surface area contributed by atoms with E-state index in [1.54, 1.807) is 0 Å². The fourth-order valence-corrected chi connectivity index (χ4v) is 1.91. The third kappa shape index (κ3) is 2.28. The molecule has 1 aromatic rings. The minimum absolute atomic E-state index is 0.294. The average Bonchev–Trinajstić information content (AvgIpc) is 2.29. The maximum absolute atomic E-state index is 5.56. The van der Waals surface area contributed by atoms with Crippen LogP contribution in [0.3, 0.4) is 0 Å². The summed E-state index contributed by atoms with van der Waals surface area (Å²) in [6, 6.07) is 9.04. The Kier molecular flexibility index (Phi) is 3.19. The van der Waals surface area contributed by atoms with Crippen LogP contribution in [0.2, 0.25) is 0 Å². The van der Waals surface area contributed by atoms with Crippen molar-refractivity contribution in [3.63, 3.8) is 0 Å². The van der Waals surface area contributed by atoms with Gasteiger partial charge in [-0.25, -0.2) is 0 Å². The number of hydrogen-bond donors (Lipinski definition) is 1. The molecule has 15 heavy (non-hydrogen) atoms. The van der Waals surface area contributed by atoms with Gasteiger partial charge in [-0.1, -0.05) is 30.3 Å². The Morgan fingerprint density at radius 3 is 3.13 bits per heavy atom. The van der Waals surface area contributed by atoms with Crippen LogP contribution in [0.4, 0.5) is 0 Å². The number of fused-ring (bicyclic) bond motifs is 1. The van der Waals surface area contributed by atoms with Gasteiger partial charge >= 0.3 is 0 Å². The molecule has 2 atom stereocenters. The van der Waals surface area contributed by atoms with E-state index in [4.69, 9.17) is 4.74 Å². The van der Waals surface area contributed by atoms with Gasteiger partial charge in [0.2, 0.25) is 0 Å². The Bertz CT molecular complexity index is 348. The molecular weight excluding hydrogens is 186 g/mol. The zero-order chi connectivity index (χ0) is 10.7. The summed E-state index contributed by atoms with van der Waals surface area (Å²) >= 11 is 0. The van der Waals surface area contributed by atoms with Crippen LogP contribution < -0.4 is 5.32 Å². The molecule has 0 fully saturated rings. The van der Waals surface area contributed by atoms with Crippen molar-refractivity contribution in [1.82, 2.24) is 5.32 Å². The van der Waals surface area contributed by atoms with Gasteiger partial charge in [-0.05, 0) is 18.1 Å². The Balaban J connectivity index is 2.18. The highest BCUT2D eigenvalue weighted by Gasteiger charge is 2.20. The summed E-state index contributed by atoms with van der Waals surface area (Å²) in [6.45, 7) is 7.36. The first kappa shape index (κ1) is 10.4. The second-order valence-electron chi connectivity index (χ2n) is 3.96. The number of benzene rings is 1. The molecule has 0 radical (unpaired) electrons. The Hall–Kier alpha value is -1.12. The Labute approximate surface area is 91.0 Å². The van der Waals surface area contributed by atoms with Crippen LogP contribution in [0.25, 0.3) is 0 Å². The maximum atomic E-state index is 5.56. The highest BCUT2D eigenvalue weighted by atomic mass is 16.5. The molecule has 80 valence electrons. The molecule has 1 aromatic carbocycles. The first-order valence-electron chi connectivity index (χ1n) is 5.35. The fourth-order valence-electron chi connectivity index (χ4n) is 1.91. The predicted octanol–water partition coefficient (Wildman–Crippen LogP) is 2.42. The van der Waals surface area contributed by atoms with Gasteiger partial charge in [0.05, 0.1) is 19.3 Å². The molecule has 1 N–H and O–H groups in total. The van der Waals surface area contributed by atoms with E-state index in [-0.39, 0.29) is 0 Å². The van der Waals surface area contributed by atoms with Crippen LogP contribution in [0.1, 0.15) is 24.1 Å². The molecule has 1 aliphatic rings. The van der Waals surface area contributed by atoms with Crippen LogP contribution in [-0.2, 0) is 11.3 Å². The predicted molar refractivity (Wildman–Crippen MR) is 61.6 cm³/mol. The molecule has 0 amide bonds. The number of nitrogens with one attached hydrogen (secondary N) is 1. The molecule has 0 spiro atoms. The van der Waals surface area contributed by atoms with Gasteiger partial charge in [0.1, 0.15) is 0 Å². The quantitative estimate of drug-likeness (QED) is 0.762. The fraction of sp³-hybridized carbons (Fsp3) is 0.385. The molecule has 1 aliphatic heterocycles. The molecular formula is C13H17NO. The van der Waals surface area contributed by atoms with Crippen LogP contribution in [-0.4, -0.2) is 12.6 Å². The zero-order valence-corrected chi connectivity index (χ0v) is 9.07. The molecule has 1 heterocycles. The summed E-state index contributed by atoms with van der Waals surface area (Å²) in [5.41, 5.74) is 2.65. The monoisotopic (exact) mass is 203 g/mol. The maximum Gasteiger partial charge on any atom is 0.0721 e. The molecule has 0 saturated carbocycles. The number of hydrogen-bond acceptors (Lipinski definition) is 2. The van der Waals surface area contributed by atoms with Crippen molar-refractivity contribution in [3.8, 4) is 0 Å². The first-order valence-corrected chi connectivity index (χ1v) is 5.35. The minimum Gasteiger partial charge on any atom is -0.375 e. The lowest BCUT2D eigenvalue weighted by Crippen LogP contribution is -2.34. The summed E-state index contributed by atoms with van der Waals surface area (Å²) in [4.78, 5) is 0. The van der Waals surface area contributed by atoms with E-state index in [0.717, 1.165) is 13.2 Å². The van der Waals surface area contributed by atoms with E-state index in [1.807, 2.05) is 6.08 Å². The molecule has 2 heteroatoms. The van der Waals surface area contributed by atoms with Gasteiger partial charge in [0.25, 0.3) is 0 Å². The van der Waals surface area contributed by atoms with Crippen molar-refractivity contribution in [2.75, 3.05) is 6.61 Å². The van der Waals surface area contributed by atoms with Crippen LogP contribution in [0.5, 0.6) is 0 Å². The second-order valence-corrected chi connectivity index (χ2v) is 3.96. The molecule has 2 rings (SSSR count). The summed E-state index contributed by atoms with van der Waals surface area (Å²) in [7, 11) is 0. The number of rotatable bonds is 3. The smallest absolute Gasteiger partial charge is 0.0721 e. The SMILES string of the molecule is C=CC(C)NC1COCc2ccccc21. The second kappa shape index (κ2) is 4.60. The van der Waals surface area contributed by atoms with Crippen LogP contribution in [0, 0.1) is 0 Å².